The van der Waals surface area contributed by atoms with Gasteiger partial charge in [-0.05, 0) is 31.8 Å². The van der Waals surface area contributed by atoms with Crippen molar-refractivity contribution in [1.82, 2.24) is 5.32 Å². The predicted octanol–water partition coefficient (Wildman–Crippen LogP) is 1.47. The molecule has 3 heteroatoms. The summed E-state index contributed by atoms with van der Waals surface area (Å²) in [4.78, 5) is 10.7. The molecule has 1 amide bonds. The molecule has 0 aromatic heterocycles. The molecule has 0 atom stereocenters. The van der Waals surface area contributed by atoms with Crippen molar-refractivity contribution >= 4 is 5.91 Å². The average molecular weight is 194 g/mol. The number of hydrogen-bond acceptors (Lipinski definition) is 2. The zero-order valence-electron chi connectivity index (χ0n) is 8.68. The van der Waals surface area contributed by atoms with Crippen LogP contribution in [0.25, 0.3) is 0 Å². The van der Waals surface area contributed by atoms with Gasteiger partial charge in [0.2, 0.25) is 5.91 Å². The van der Waals surface area contributed by atoms with Crippen LogP contribution in [0.5, 0.6) is 0 Å². The minimum atomic E-state index is -0.229. The summed E-state index contributed by atoms with van der Waals surface area (Å²) in [7, 11) is 0. The number of amides is 1. The summed E-state index contributed by atoms with van der Waals surface area (Å²) in [6, 6.07) is 0. The van der Waals surface area contributed by atoms with Crippen LogP contribution in [-0.4, -0.2) is 12.5 Å². The van der Waals surface area contributed by atoms with Gasteiger partial charge in [0.25, 0.3) is 0 Å². The zero-order chi connectivity index (χ0) is 10.4. The molecule has 1 aliphatic carbocycles. The quantitative estimate of drug-likeness (QED) is 0.696. The van der Waals surface area contributed by atoms with Crippen molar-refractivity contribution in [2.75, 3.05) is 6.54 Å². The largest absolute Gasteiger partial charge is 0.388 e. The minimum absolute atomic E-state index is 0.229. The molecule has 0 unspecified atom stereocenters. The number of carbonyl (C=O) groups is 1. The third kappa shape index (κ3) is 3.24. The summed E-state index contributed by atoms with van der Waals surface area (Å²) in [5.41, 5.74) is 7.63. The molecule has 1 aliphatic rings. The summed E-state index contributed by atoms with van der Waals surface area (Å²) in [5, 5.41) is 3.33. The van der Waals surface area contributed by atoms with E-state index in [9.17, 15) is 4.79 Å². The summed E-state index contributed by atoms with van der Waals surface area (Å²) in [6.07, 6.45) is 7.59. The lowest BCUT2D eigenvalue weighted by molar-refractivity contribution is -0.117. The van der Waals surface area contributed by atoms with Crippen molar-refractivity contribution in [2.24, 2.45) is 5.73 Å². The molecule has 0 saturated heterocycles. The topological polar surface area (TPSA) is 55.1 Å². The fourth-order valence-electron chi connectivity index (χ4n) is 1.62. The van der Waals surface area contributed by atoms with E-state index in [2.05, 4.69) is 24.4 Å². The summed E-state index contributed by atoms with van der Waals surface area (Å²) >= 11 is 0. The van der Waals surface area contributed by atoms with Gasteiger partial charge in [0.05, 0.1) is 0 Å². The Hall–Kier alpha value is -1.25. The highest BCUT2D eigenvalue weighted by Gasteiger charge is 2.08. The second-order valence-electron chi connectivity index (χ2n) is 3.44. The number of allylic oxidation sites excluding steroid dienone is 4. The fourth-order valence-corrected chi connectivity index (χ4v) is 1.62. The first-order chi connectivity index (χ1) is 6.74. The predicted molar refractivity (Wildman–Crippen MR) is 57.5 cm³/mol. The van der Waals surface area contributed by atoms with Crippen molar-refractivity contribution in [2.45, 2.75) is 32.6 Å². The van der Waals surface area contributed by atoms with E-state index >= 15 is 0 Å². The molecular formula is C11H18N2O. The molecule has 0 aliphatic heterocycles. The molecule has 0 aromatic carbocycles. The number of hydrogen-bond donors (Lipinski definition) is 2. The highest BCUT2D eigenvalue weighted by molar-refractivity contribution is 5.74. The van der Waals surface area contributed by atoms with Gasteiger partial charge in [0, 0.05) is 18.7 Å². The molecule has 3 nitrogen and oxygen atoms in total. The van der Waals surface area contributed by atoms with E-state index in [1.807, 2.05) is 0 Å². The van der Waals surface area contributed by atoms with E-state index in [1.165, 1.54) is 11.3 Å². The van der Waals surface area contributed by atoms with Gasteiger partial charge < -0.3 is 11.1 Å². The maximum Gasteiger partial charge on any atom is 0.217 e. The van der Waals surface area contributed by atoms with Gasteiger partial charge in [-0.2, -0.15) is 0 Å². The lowest BCUT2D eigenvalue weighted by atomic mass is 9.99. The van der Waals surface area contributed by atoms with E-state index in [-0.39, 0.29) is 5.91 Å². The minimum Gasteiger partial charge on any atom is -0.388 e. The van der Waals surface area contributed by atoms with Crippen LogP contribution < -0.4 is 11.1 Å². The van der Waals surface area contributed by atoms with Gasteiger partial charge in [-0.1, -0.05) is 12.2 Å². The van der Waals surface area contributed by atoms with Crippen LogP contribution in [0, 0.1) is 0 Å². The second-order valence-corrected chi connectivity index (χ2v) is 3.44. The normalized spacial score (nSPS) is 15.8. The molecule has 0 saturated carbocycles. The summed E-state index contributed by atoms with van der Waals surface area (Å²) in [5.74, 6) is -0.229. The summed E-state index contributed by atoms with van der Waals surface area (Å²) in [6.45, 7) is 3.01. The third-order valence-electron chi connectivity index (χ3n) is 2.30. The monoisotopic (exact) mass is 194 g/mol. The molecular weight excluding hydrogens is 176 g/mol. The van der Waals surface area contributed by atoms with E-state index in [4.69, 9.17) is 5.73 Å². The lowest BCUT2D eigenvalue weighted by Crippen LogP contribution is -2.17. The lowest BCUT2D eigenvalue weighted by Gasteiger charge is -2.16. The first-order valence-corrected chi connectivity index (χ1v) is 5.14. The van der Waals surface area contributed by atoms with Gasteiger partial charge in [-0.15, -0.1) is 0 Å². The number of nitrogens with one attached hydrogen (secondary N) is 1. The Balaban J connectivity index is 2.59. The Morgan fingerprint density at radius 3 is 3.07 bits per heavy atom. The maximum absolute atomic E-state index is 10.7. The van der Waals surface area contributed by atoms with Crippen LogP contribution in [0.2, 0.25) is 0 Å². The Labute approximate surface area is 85.1 Å². The molecule has 3 N–H and O–H groups in total. The van der Waals surface area contributed by atoms with Crippen molar-refractivity contribution in [1.29, 1.82) is 0 Å². The highest BCUT2D eigenvalue weighted by atomic mass is 16.1. The number of primary amides is 1. The van der Waals surface area contributed by atoms with Crippen LogP contribution in [-0.2, 0) is 4.79 Å². The van der Waals surface area contributed by atoms with Gasteiger partial charge in [-0.25, -0.2) is 0 Å². The van der Waals surface area contributed by atoms with Gasteiger partial charge in [-0.3, -0.25) is 4.79 Å². The van der Waals surface area contributed by atoms with Crippen molar-refractivity contribution in [3.63, 3.8) is 0 Å². The maximum atomic E-state index is 10.7. The molecule has 0 bridgehead atoms. The van der Waals surface area contributed by atoms with Gasteiger partial charge in [0.15, 0.2) is 0 Å². The van der Waals surface area contributed by atoms with E-state index in [1.54, 1.807) is 0 Å². The number of carbonyl (C=O) groups excluding carboxylic acids is 1. The molecule has 78 valence electrons. The van der Waals surface area contributed by atoms with Gasteiger partial charge >= 0.3 is 0 Å². The van der Waals surface area contributed by atoms with Crippen molar-refractivity contribution in [3.8, 4) is 0 Å². The SMILES string of the molecule is CCNC1=C(CCC(N)=O)C=CCC1. The van der Waals surface area contributed by atoms with E-state index in [0.29, 0.717) is 6.42 Å². The third-order valence-corrected chi connectivity index (χ3v) is 2.30. The van der Waals surface area contributed by atoms with E-state index < -0.39 is 0 Å². The smallest absolute Gasteiger partial charge is 0.217 e. The van der Waals surface area contributed by atoms with Crippen LogP contribution >= 0.6 is 0 Å². The standard InChI is InChI=1S/C11H18N2O/c1-2-13-10-6-4-3-5-9(10)7-8-11(12)14/h3,5,13H,2,4,6-8H2,1H3,(H2,12,14). The molecule has 0 radical (unpaired) electrons. The molecule has 1 rings (SSSR count). The van der Waals surface area contributed by atoms with Crippen LogP contribution in [0.3, 0.4) is 0 Å². The van der Waals surface area contributed by atoms with Crippen LogP contribution in [0.15, 0.2) is 23.4 Å². The average Bonchev–Trinajstić information content (AvgIpc) is 2.17. The Bertz CT molecular complexity index is 266. The number of rotatable bonds is 5. The first kappa shape index (κ1) is 10.8. The van der Waals surface area contributed by atoms with Crippen molar-refractivity contribution < 1.29 is 4.79 Å². The Morgan fingerprint density at radius 2 is 2.43 bits per heavy atom. The molecule has 14 heavy (non-hydrogen) atoms. The summed E-state index contributed by atoms with van der Waals surface area (Å²) < 4.78 is 0. The molecule has 0 heterocycles. The second kappa shape index (κ2) is 5.47. The highest BCUT2D eigenvalue weighted by Crippen LogP contribution is 2.20. The Kier molecular flexibility index (Phi) is 4.23. The molecule has 0 fully saturated rings. The van der Waals surface area contributed by atoms with Crippen LogP contribution in [0.1, 0.15) is 32.6 Å². The Morgan fingerprint density at radius 1 is 1.64 bits per heavy atom. The van der Waals surface area contributed by atoms with E-state index in [0.717, 1.165) is 25.8 Å². The molecule has 0 spiro atoms. The number of nitrogens with two attached hydrogens (primary N) is 1. The molecule has 0 aromatic rings. The fraction of sp³-hybridized carbons (Fsp3) is 0.545. The van der Waals surface area contributed by atoms with Gasteiger partial charge in [0.1, 0.15) is 0 Å². The first-order valence-electron chi connectivity index (χ1n) is 5.14. The van der Waals surface area contributed by atoms with Crippen molar-refractivity contribution in [3.05, 3.63) is 23.4 Å². The zero-order valence-corrected chi connectivity index (χ0v) is 8.68. The van der Waals surface area contributed by atoms with Crippen LogP contribution in [0.4, 0.5) is 0 Å².